The monoisotopic (exact) mass is 494 g/mol. The van der Waals surface area contributed by atoms with Crippen molar-refractivity contribution in [1.29, 1.82) is 5.26 Å². The van der Waals surface area contributed by atoms with E-state index in [-0.39, 0.29) is 41.2 Å². The van der Waals surface area contributed by atoms with Gasteiger partial charge in [-0.25, -0.2) is 0 Å². The smallest absolute Gasteiger partial charge is 0.372 e. The van der Waals surface area contributed by atoms with Gasteiger partial charge in [-0.05, 0) is 62.0 Å². The first kappa shape index (κ1) is 24.7. The van der Waals surface area contributed by atoms with Crippen LogP contribution in [0, 0.1) is 29.1 Å². The Morgan fingerprint density at radius 3 is 2.47 bits per heavy atom. The van der Waals surface area contributed by atoms with E-state index in [0.29, 0.717) is 37.6 Å². The number of carbonyl (C=O) groups excluding carboxylic acids is 2. The zero-order chi connectivity index (χ0) is 24.5. The topological polar surface area (TPSA) is 76.4 Å². The number of hydrogen-bond donors (Lipinski definition) is 1. The quantitative estimate of drug-likeness (QED) is 0.655. The SMILES string of the molecule is CSCC(=O)N1C[C@@H](C(=O)NC2CC2)[C@H](C2CCN(c3ccc(C#N)c(C(F)(F)F)c3)CC2)C1. The molecule has 6 nitrogen and oxygen atoms in total. The number of anilines is 1. The zero-order valence-electron chi connectivity index (χ0n) is 19.1. The molecule has 1 aliphatic carbocycles. The third kappa shape index (κ3) is 5.45. The summed E-state index contributed by atoms with van der Waals surface area (Å²) in [6.07, 6.45) is 0.778. The van der Waals surface area contributed by atoms with Crippen LogP contribution in [0.4, 0.5) is 18.9 Å². The highest BCUT2D eigenvalue weighted by Crippen LogP contribution is 2.39. The second kappa shape index (κ2) is 10.1. The average Bonchev–Trinajstić information content (AvgIpc) is 3.51. The molecule has 2 atom stereocenters. The highest BCUT2D eigenvalue weighted by Gasteiger charge is 2.45. The number of nitrogens with zero attached hydrogens (tertiary/aromatic N) is 3. The lowest BCUT2D eigenvalue weighted by Gasteiger charge is -2.37. The van der Waals surface area contributed by atoms with Crippen molar-refractivity contribution in [3.05, 3.63) is 29.3 Å². The van der Waals surface area contributed by atoms with Crippen LogP contribution in [0.1, 0.15) is 36.8 Å². The van der Waals surface area contributed by atoms with Gasteiger partial charge in [0, 0.05) is 37.9 Å². The summed E-state index contributed by atoms with van der Waals surface area (Å²) in [4.78, 5) is 29.2. The summed E-state index contributed by atoms with van der Waals surface area (Å²) in [5.41, 5.74) is -0.835. The van der Waals surface area contributed by atoms with Crippen molar-refractivity contribution in [1.82, 2.24) is 10.2 Å². The number of rotatable bonds is 6. The lowest BCUT2D eigenvalue weighted by Crippen LogP contribution is -2.42. The van der Waals surface area contributed by atoms with E-state index in [1.807, 2.05) is 11.2 Å². The van der Waals surface area contributed by atoms with Gasteiger partial charge in [0.05, 0.1) is 28.9 Å². The molecule has 1 aromatic carbocycles. The fraction of sp³-hybridized carbons (Fsp3) is 0.625. The molecule has 3 aliphatic rings. The first-order valence-corrected chi connectivity index (χ1v) is 13.0. The summed E-state index contributed by atoms with van der Waals surface area (Å²) in [5, 5.41) is 12.1. The fourth-order valence-electron chi connectivity index (χ4n) is 5.19. The van der Waals surface area contributed by atoms with Crippen molar-refractivity contribution in [2.24, 2.45) is 17.8 Å². The minimum absolute atomic E-state index is 0.0243. The molecule has 0 radical (unpaired) electrons. The van der Waals surface area contributed by atoms with Crippen LogP contribution in [0.15, 0.2) is 18.2 Å². The number of hydrogen-bond acceptors (Lipinski definition) is 5. The molecule has 1 N–H and O–H groups in total. The molecular formula is C24H29F3N4O2S. The van der Waals surface area contributed by atoms with Crippen molar-refractivity contribution in [2.45, 2.75) is 37.9 Å². The van der Waals surface area contributed by atoms with E-state index in [4.69, 9.17) is 5.26 Å². The minimum Gasteiger partial charge on any atom is -0.372 e. The van der Waals surface area contributed by atoms with Crippen molar-refractivity contribution in [2.75, 3.05) is 43.1 Å². The van der Waals surface area contributed by atoms with Gasteiger partial charge in [-0.15, -0.1) is 0 Å². The molecular weight excluding hydrogens is 465 g/mol. The molecule has 1 aromatic rings. The third-order valence-electron chi connectivity index (χ3n) is 7.19. The zero-order valence-corrected chi connectivity index (χ0v) is 19.9. The number of likely N-dealkylation sites (tertiary alicyclic amines) is 1. The van der Waals surface area contributed by atoms with Crippen LogP contribution >= 0.6 is 11.8 Å². The van der Waals surface area contributed by atoms with E-state index in [9.17, 15) is 22.8 Å². The maximum Gasteiger partial charge on any atom is 0.417 e. The molecule has 10 heteroatoms. The largest absolute Gasteiger partial charge is 0.417 e. The van der Waals surface area contributed by atoms with Crippen LogP contribution in [0.3, 0.4) is 0 Å². The predicted octanol–water partition coefficient (Wildman–Crippen LogP) is 3.51. The number of piperidine rings is 1. The lowest BCUT2D eigenvalue weighted by atomic mass is 9.78. The van der Waals surface area contributed by atoms with Crippen LogP contribution < -0.4 is 10.2 Å². The maximum atomic E-state index is 13.4. The van der Waals surface area contributed by atoms with E-state index in [2.05, 4.69) is 5.32 Å². The van der Waals surface area contributed by atoms with Crippen molar-refractivity contribution in [3.63, 3.8) is 0 Å². The Kier molecular flexibility index (Phi) is 7.31. The number of thioether (sulfide) groups is 1. The summed E-state index contributed by atoms with van der Waals surface area (Å²) in [5.74, 6) is 0.500. The maximum absolute atomic E-state index is 13.4. The molecule has 4 rings (SSSR count). The van der Waals surface area contributed by atoms with E-state index in [0.717, 1.165) is 31.7 Å². The van der Waals surface area contributed by atoms with Gasteiger partial charge in [-0.2, -0.15) is 30.2 Å². The number of amides is 2. The van der Waals surface area contributed by atoms with Gasteiger partial charge in [0.15, 0.2) is 0 Å². The lowest BCUT2D eigenvalue weighted by molar-refractivity contribution is -0.137. The van der Waals surface area contributed by atoms with E-state index in [1.165, 1.54) is 17.8 Å². The van der Waals surface area contributed by atoms with E-state index >= 15 is 0 Å². The second-order valence-electron chi connectivity index (χ2n) is 9.45. The summed E-state index contributed by atoms with van der Waals surface area (Å²) in [6, 6.07) is 5.73. The van der Waals surface area contributed by atoms with Crippen LogP contribution in [0.25, 0.3) is 0 Å². The molecule has 0 spiro atoms. The Labute approximate surface area is 201 Å². The number of nitriles is 1. The Balaban J connectivity index is 1.45. The van der Waals surface area contributed by atoms with Crippen molar-refractivity contribution in [3.8, 4) is 6.07 Å². The molecule has 3 fully saturated rings. The van der Waals surface area contributed by atoms with Gasteiger partial charge in [0.25, 0.3) is 0 Å². The van der Waals surface area contributed by atoms with Gasteiger partial charge in [0.1, 0.15) is 0 Å². The highest BCUT2D eigenvalue weighted by molar-refractivity contribution is 7.99. The summed E-state index contributed by atoms with van der Waals surface area (Å²) in [6.45, 7) is 2.13. The van der Waals surface area contributed by atoms with Gasteiger partial charge < -0.3 is 15.1 Å². The Bertz CT molecular complexity index is 968. The second-order valence-corrected chi connectivity index (χ2v) is 10.3. The predicted molar refractivity (Wildman–Crippen MR) is 124 cm³/mol. The van der Waals surface area contributed by atoms with Gasteiger partial charge >= 0.3 is 6.18 Å². The van der Waals surface area contributed by atoms with E-state index < -0.39 is 11.7 Å². The van der Waals surface area contributed by atoms with Crippen molar-refractivity contribution >= 4 is 29.3 Å². The molecule has 0 unspecified atom stereocenters. The van der Waals surface area contributed by atoms with Crippen LogP contribution in [0.5, 0.6) is 0 Å². The molecule has 1 saturated carbocycles. The molecule has 2 heterocycles. The Morgan fingerprint density at radius 1 is 1.18 bits per heavy atom. The first-order valence-electron chi connectivity index (χ1n) is 11.6. The standard InChI is InChI=1S/C24H29F3N4O2S/c1-34-14-22(32)31-12-19(20(13-31)23(33)29-17-3-4-17)15-6-8-30(9-7-15)18-5-2-16(11-28)21(10-18)24(25,26)27/h2,5,10,15,17,19-20H,3-4,6-9,12-14H2,1H3,(H,29,33)/t19-,20+/m0/s1. The molecule has 2 aliphatic heterocycles. The van der Waals surface area contributed by atoms with Crippen LogP contribution in [-0.2, 0) is 15.8 Å². The summed E-state index contributed by atoms with van der Waals surface area (Å²) >= 11 is 1.47. The molecule has 0 bridgehead atoms. The van der Waals surface area contributed by atoms with Crippen molar-refractivity contribution < 1.29 is 22.8 Å². The average molecular weight is 495 g/mol. The number of halogens is 3. The number of benzene rings is 1. The number of alkyl halides is 3. The summed E-state index contributed by atoms with van der Waals surface area (Å²) < 4.78 is 40.1. The van der Waals surface area contributed by atoms with Crippen LogP contribution in [-0.4, -0.2) is 60.9 Å². The van der Waals surface area contributed by atoms with Gasteiger partial charge in [-0.1, -0.05) is 0 Å². The van der Waals surface area contributed by atoms with Gasteiger partial charge in [0.2, 0.25) is 11.8 Å². The number of nitrogens with one attached hydrogen (secondary N) is 1. The molecule has 184 valence electrons. The Hall–Kier alpha value is -2.41. The fourth-order valence-corrected chi connectivity index (χ4v) is 5.61. The van der Waals surface area contributed by atoms with Gasteiger partial charge in [-0.3, -0.25) is 9.59 Å². The minimum atomic E-state index is -4.59. The number of carbonyl (C=O) groups is 2. The third-order valence-corrected chi connectivity index (χ3v) is 7.72. The Morgan fingerprint density at radius 2 is 1.88 bits per heavy atom. The highest BCUT2D eigenvalue weighted by atomic mass is 32.2. The molecule has 2 amide bonds. The molecule has 0 aromatic heterocycles. The van der Waals surface area contributed by atoms with E-state index in [1.54, 1.807) is 17.0 Å². The normalized spacial score (nSPS) is 23.6. The molecule has 2 saturated heterocycles. The van der Waals surface area contributed by atoms with Crippen LogP contribution in [0.2, 0.25) is 0 Å². The first-order chi connectivity index (χ1) is 16.2. The molecule has 34 heavy (non-hydrogen) atoms. The summed E-state index contributed by atoms with van der Waals surface area (Å²) in [7, 11) is 0.